The number of hydrogen-bond acceptors (Lipinski definition) is 3. The van der Waals surface area contributed by atoms with Crippen LogP contribution in [-0.4, -0.2) is 29.3 Å². The van der Waals surface area contributed by atoms with Crippen LogP contribution in [0.25, 0.3) is 5.69 Å². The fourth-order valence-corrected chi connectivity index (χ4v) is 4.48. The lowest BCUT2D eigenvalue weighted by molar-refractivity contribution is 0.0942. The van der Waals surface area contributed by atoms with Gasteiger partial charge in [-0.15, -0.1) is 0 Å². The maximum atomic E-state index is 13.0. The molecule has 1 heterocycles. The lowest BCUT2D eigenvalue weighted by atomic mass is 9.78. The highest BCUT2D eigenvalue weighted by molar-refractivity contribution is 5.95. The van der Waals surface area contributed by atoms with Crippen molar-refractivity contribution in [2.45, 2.75) is 38.0 Å². The van der Waals surface area contributed by atoms with Gasteiger partial charge in [0, 0.05) is 17.5 Å². The van der Waals surface area contributed by atoms with Crippen molar-refractivity contribution in [2.75, 3.05) is 13.7 Å². The molecule has 3 aromatic rings. The Labute approximate surface area is 171 Å². The SMILES string of the molecule is COc1ccccc1C1(CNC(=O)c2cnn(-c3ccccc3)c2C)CCCC1. The second-order valence-corrected chi connectivity index (χ2v) is 7.76. The van der Waals surface area contributed by atoms with E-state index in [4.69, 9.17) is 4.74 Å². The Hall–Kier alpha value is -3.08. The summed E-state index contributed by atoms with van der Waals surface area (Å²) in [6.45, 7) is 2.53. The van der Waals surface area contributed by atoms with Gasteiger partial charge in [0.1, 0.15) is 5.75 Å². The normalized spacial score (nSPS) is 15.2. The molecule has 1 aromatic heterocycles. The van der Waals surface area contributed by atoms with E-state index in [-0.39, 0.29) is 11.3 Å². The van der Waals surface area contributed by atoms with Crippen molar-refractivity contribution in [3.05, 3.63) is 77.6 Å². The monoisotopic (exact) mass is 389 g/mol. The van der Waals surface area contributed by atoms with Crippen molar-refractivity contribution in [1.29, 1.82) is 0 Å². The molecule has 2 aromatic carbocycles. The van der Waals surface area contributed by atoms with Gasteiger partial charge < -0.3 is 10.1 Å². The number of ether oxygens (including phenoxy) is 1. The number of hydrogen-bond donors (Lipinski definition) is 1. The molecule has 0 bridgehead atoms. The van der Waals surface area contributed by atoms with E-state index in [0.29, 0.717) is 12.1 Å². The van der Waals surface area contributed by atoms with E-state index in [9.17, 15) is 4.79 Å². The first-order valence-corrected chi connectivity index (χ1v) is 10.2. The minimum absolute atomic E-state index is 0.0778. The summed E-state index contributed by atoms with van der Waals surface area (Å²) >= 11 is 0. The highest BCUT2D eigenvalue weighted by Gasteiger charge is 2.38. The van der Waals surface area contributed by atoms with Crippen LogP contribution in [0.1, 0.15) is 47.3 Å². The van der Waals surface area contributed by atoms with Crippen LogP contribution in [0.3, 0.4) is 0 Å². The third-order valence-corrected chi connectivity index (χ3v) is 6.08. The van der Waals surface area contributed by atoms with E-state index in [1.165, 1.54) is 18.4 Å². The van der Waals surface area contributed by atoms with E-state index in [1.54, 1.807) is 18.0 Å². The number of nitrogens with one attached hydrogen (secondary N) is 1. The van der Waals surface area contributed by atoms with Crippen molar-refractivity contribution in [1.82, 2.24) is 15.1 Å². The molecule has 1 amide bonds. The molecule has 0 aliphatic heterocycles. The van der Waals surface area contributed by atoms with Gasteiger partial charge in [-0.3, -0.25) is 4.79 Å². The van der Waals surface area contributed by atoms with Crippen molar-refractivity contribution < 1.29 is 9.53 Å². The molecule has 0 unspecified atom stereocenters. The molecule has 1 N–H and O–H groups in total. The molecule has 4 rings (SSSR count). The molecule has 1 aliphatic rings. The summed E-state index contributed by atoms with van der Waals surface area (Å²) in [5, 5.41) is 7.61. The molecule has 29 heavy (non-hydrogen) atoms. The van der Waals surface area contributed by atoms with Crippen LogP contribution in [0.2, 0.25) is 0 Å². The second kappa shape index (κ2) is 8.11. The molecule has 1 fully saturated rings. The average molecular weight is 389 g/mol. The van der Waals surface area contributed by atoms with Crippen LogP contribution in [0.4, 0.5) is 0 Å². The van der Waals surface area contributed by atoms with E-state index >= 15 is 0 Å². The summed E-state index contributed by atoms with van der Waals surface area (Å²) in [4.78, 5) is 13.0. The Balaban J connectivity index is 1.55. The summed E-state index contributed by atoms with van der Waals surface area (Å²) in [5.74, 6) is 0.822. The first-order chi connectivity index (χ1) is 14.1. The maximum Gasteiger partial charge on any atom is 0.254 e. The Morgan fingerprint density at radius 3 is 2.52 bits per heavy atom. The molecule has 0 spiro atoms. The standard InChI is InChI=1S/C24H27N3O2/c1-18-20(16-26-27(18)19-10-4-3-5-11-19)23(28)25-17-24(14-8-9-15-24)21-12-6-7-13-22(21)29-2/h3-7,10-13,16H,8-9,14-15,17H2,1-2H3,(H,25,28). The van der Waals surface area contributed by atoms with Gasteiger partial charge in [0.15, 0.2) is 0 Å². The van der Waals surface area contributed by atoms with E-state index < -0.39 is 0 Å². The van der Waals surface area contributed by atoms with E-state index in [1.807, 2.05) is 55.5 Å². The van der Waals surface area contributed by atoms with Crippen LogP contribution in [0.15, 0.2) is 60.8 Å². The Morgan fingerprint density at radius 2 is 1.79 bits per heavy atom. The smallest absolute Gasteiger partial charge is 0.254 e. The topological polar surface area (TPSA) is 56.1 Å². The van der Waals surface area contributed by atoms with Crippen molar-refractivity contribution in [2.24, 2.45) is 0 Å². The quantitative estimate of drug-likeness (QED) is 0.678. The predicted molar refractivity (Wildman–Crippen MR) is 114 cm³/mol. The van der Waals surface area contributed by atoms with E-state index in [2.05, 4.69) is 16.5 Å². The summed E-state index contributed by atoms with van der Waals surface area (Å²) in [6.07, 6.45) is 6.09. The Bertz CT molecular complexity index is 988. The number of benzene rings is 2. The number of carbonyl (C=O) groups is 1. The number of rotatable bonds is 6. The van der Waals surface area contributed by atoms with Crippen molar-refractivity contribution in [3.8, 4) is 11.4 Å². The highest BCUT2D eigenvalue weighted by Crippen LogP contribution is 2.44. The third kappa shape index (κ3) is 3.65. The molecular formula is C24H27N3O2. The minimum atomic E-state index is -0.0779. The molecule has 0 radical (unpaired) electrons. The molecule has 1 aliphatic carbocycles. The number of nitrogens with zero attached hydrogens (tertiary/aromatic N) is 2. The lowest BCUT2D eigenvalue weighted by Gasteiger charge is -2.31. The van der Waals surface area contributed by atoms with Gasteiger partial charge in [-0.2, -0.15) is 5.10 Å². The average Bonchev–Trinajstić information content (AvgIpc) is 3.40. The van der Waals surface area contributed by atoms with Gasteiger partial charge in [0.05, 0.1) is 30.3 Å². The summed E-state index contributed by atoms with van der Waals surface area (Å²) in [6, 6.07) is 18.0. The number of para-hydroxylation sites is 2. The first-order valence-electron chi connectivity index (χ1n) is 10.2. The van der Waals surface area contributed by atoms with Crippen molar-refractivity contribution >= 4 is 5.91 Å². The summed E-state index contributed by atoms with van der Waals surface area (Å²) in [7, 11) is 1.71. The minimum Gasteiger partial charge on any atom is -0.496 e. The van der Waals surface area contributed by atoms with Crippen LogP contribution in [0, 0.1) is 6.92 Å². The highest BCUT2D eigenvalue weighted by atomic mass is 16.5. The van der Waals surface area contributed by atoms with Crippen LogP contribution < -0.4 is 10.1 Å². The Morgan fingerprint density at radius 1 is 1.10 bits per heavy atom. The molecule has 1 saturated carbocycles. The largest absolute Gasteiger partial charge is 0.496 e. The number of carbonyl (C=O) groups excluding carboxylic acids is 1. The zero-order valence-electron chi connectivity index (χ0n) is 17.0. The molecule has 0 saturated heterocycles. The fraction of sp³-hybridized carbons (Fsp3) is 0.333. The molecule has 0 atom stereocenters. The predicted octanol–water partition coefficient (Wildman–Crippen LogP) is 4.43. The van der Waals surface area contributed by atoms with Gasteiger partial charge in [-0.25, -0.2) is 4.68 Å². The van der Waals surface area contributed by atoms with Crippen molar-refractivity contribution in [3.63, 3.8) is 0 Å². The maximum absolute atomic E-state index is 13.0. The molecule has 150 valence electrons. The first kappa shape index (κ1) is 19.2. The molecule has 5 nitrogen and oxygen atoms in total. The Kier molecular flexibility index (Phi) is 5.38. The summed E-state index contributed by atoms with van der Waals surface area (Å²) in [5.41, 5.74) is 3.52. The lowest BCUT2D eigenvalue weighted by Crippen LogP contribution is -2.39. The van der Waals surface area contributed by atoms with Gasteiger partial charge in [-0.1, -0.05) is 49.2 Å². The summed E-state index contributed by atoms with van der Waals surface area (Å²) < 4.78 is 7.43. The number of methoxy groups -OCH3 is 1. The molecular weight excluding hydrogens is 362 g/mol. The number of amides is 1. The zero-order chi connectivity index (χ0) is 20.3. The van der Waals surface area contributed by atoms with E-state index in [0.717, 1.165) is 30.0 Å². The van der Waals surface area contributed by atoms with Crippen LogP contribution in [0.5, 0.6) is 5.75 Å². The van der Waals surface area contributed by atoms with Gasteiger partial charge in [0.2, 0.25) is 0 Å². The number of aromatic nitrogens is 2. The zero-order valence-corrected chi connectivity index (χ0v) is 17.0. The second-order valence-electron chi connectivity index (χ2n) is 7.76. The fourth-order valence-electron chi connectivity index (χ4n) is 4.48. The van der Waals surface area contributed by atoms with Crippen LogP contribution in [-0.2, 0) is 5.41 Å². The van der Waals surface area contributed by atoms with Crippen LogP contribution >= 0.6 is 0 Å². The molecule has 5 heteroatoms. The van der Waals surface area contributed by atoms with Gasteiger partial charge >= 0.3 is 0 Å². The van der Waals surface area contributed by atoms with Gasteiger partial charge in [-0.05, 0) is 38.0 Å². The third-order valence-electron chi connectivity index (χ3n) is 6.08. The van der Waals surface area contributed by atoms with Gasteiger partial charge in [0.25, 0.3) is 5.91 Å².